The maximum atomic E-state index is 6.31. The molecule has 0 aliphatic carbocycles. The monoisotopic (exact) mass is 434 g/mol. The van der Waals surface area contributed by atoms with E-state index in [9.17, 15) is 0 Å². The van der Waals surface area contributed by atoms with E-state index in [0.29, 0.717) is 28.0 Å². The molecule has 0 bridgehead atoms. The van der Waals surface area contributed by atoms with E-state index in [-0.39, 0.29) is 0 Å². The Morgan fingerprint density at radius 3 is 2.54 bits per heavy atom. The number of benzene rings is 2. The molecule has 6 nitrogen and oxygen atoms in total. The van der Waals surface area contributed by atoms with Gasteiger partial charge in [0.2, 0.25) is 4.96 Å². The van der Waals surface area contributed by atoms with Crippen molar-refractivity contribution in [1.29, 1.82) is 0 Å². The second-order valence-electron chi connectivity index (χ2n) is 6.03. The van der Waals surface area contributed by atoms with Crippen molar-refractivity contribution in [3.05, 3.63) is 57.8 Å². The van der Waals surface area contributed by atoms with Crippen LogP contribution in [-0.4, -0.2) is 34.0 Å². The van der Waals surface area contributed by atoms with Crippen molar-refractivity contribution in [3.63, 3.8) is 0 Å². The molecule has 0 spiro atoms. The fraction of sp³-hybridized carbons (Fsp3) is 0.211. The molecule has 144 valence electrons. The van der Waals surface area contributed by atoms with Gasteiger partial charge < -0.3 is 9.47 Å². The van der Waals surface area contributed by atoms with E-state index in [1.54, 1.807) is 30.9 Å². The minimum atomic E-state index is 0.560. The summed E-state index contributed by atoms with van der Waals surface area (Å²) in [5, 5.41) is 15.1. The second-order valence-corrected chi connectivity index (χ2v) is 7.83. The molecule has 0 aliphatic rings. The zero-order chi connectivity index (χ0) is 19.7. The van der Waals surface area contributed by atoms with Crippen molar-refractivity contribution < 1.29 is 9.47 Å². The van der Waals surface area contributed by atoms with E-state index in [4.69, 9.17) is 32.7 Å². The number of methoxy groups -OCH3 is 2. The molecule has 2 aromatic carbocycles. The molecule has 0 amide bonds. The molecule has 0 saturated heterocycles. The summed E-state index contributed by atoms with van der Waals surface area (Å²) in [6.45, 7) is 0. The predicted molar refractivity (Wildman–Crippen MR) is 111 cm³/mol. The summed E-state index contributed by atoms with van der Waals surface area (Å²) in [6.07, 6.45) is 1.46. The fourth-order valence-electron chi connectivity index (χ4n) is 2.88. The van der Waals surface area contributed by atoms with Crippen LogP contribution >= 0.6 is 34.5 Å². The van der Waals surface area contributed by atoms with E-state index >= 15 is 0 Å². The Hall–Kier alpha value is -2.35. The summed E-state index contributed by atoms with van der Waals surface area (Å²) >= 11 is 13.7. The Morgan fingerprint density at radius 2 is 1.79 bits per heavy atom. The lowest BCUT2D eigenvalue weighted by molar-refractivity contribution is 0.354. The van der Waals surface area contributed by atoms with Gasteiger partial charge in [0.15, 0.2) is 17.3 Å². The SMILES string of the molecule is COc1ccc(CCc2nnc3sc(-c4ccc(Cl)cc4Cl)nn23)cc1OC. The minimum Gasteiger partial charge on any atom is -0.493 e. The molecule has 2 heterocycles. The Balaban J connectivity index is 1.57. The van der Waals surface area contributed by atoms with Crippen molar-refractivity contribution in [2.75, 3.05) is 14.2 Å². The summed E-state index contributed by atoms with van der Waals surface area (Å²) in [7, 11) is 3.25. The van der Waals surface area contributed by atoms with E-state index in [0.717, 1.165) is 33.3 Å². The van der Waals surface area contributed by atoms with E-state index in [1.165, 1.54) is 11.3 Å². The van der Waals surface area contributed by atoms with Gasteiger partial charge in [0, 0.05) is 17.0 Å². The maximum Gasteiger partial charge on any atom is 0.234 e. The van der Waals surface area contributed by atoms with Gasteiger partial charge in [0.1, 0.15) is 5.01 Å². The molecular formula is C19H16Cl2N4O2S. The van der Waals surface area contributed by atoms with Crippen LogP contribution in [0.15, 0.2) is 36.4 Å². The smallest absolute Gasteiger partial charge is 0.234 e. The number of aryl methyl sites for hydroxylation is 2. The third kappa shape index (κ3) is 3.65. The first-order valence-electron chi connectivity index (χ1n) is 8.46. The Labute approximate surface area is 175 Å². The van der Waals surface area contributed by atoms with Gasteiger partial charge in [0.05, 0.1) is 19.2 Å². The van der Waals surface area contributed by atoms with Crippen LogP contribution in [0.4, 0.5) is 0 Å². The standard InChI is InChI=1S/C19H16Cl2N4O2S/c1-26-15-7-3-11(9-16(15)27-2)4-8-17-22-23-19-25(17)24-18(28-19)13-6-5-12(20)10-14(13)21/h3,5-7,9-10H,4,8H2,1-2H3. The van der Waals surface area contributed by atoms with Crippen LogP contribution in [-0.2, 0) is 12.8 Å². The van der Waals surface area contributed by atoms with E-state index < -0.39 is 0 Å². The van der Waals surface area contributed by atoms with Crippen molar-refractivity contribution in [1.82, 2.24) is 19.8 Å². The number of ether oxygens (including phenoxy) is 2. The van der Waals surface area contributed by atoms with Crippen molar-refractivity contribution in [3.8, 4) is 22.1 Å². The first kappa shape index (κ1) is 19.0. The highest BCUT2D eigenvalue weighted by Gasteiger charge is 2.15. The van der Waals surface area contributed by atoms with Gasteiger partial charge in [-0.05, 0) is 42.3 Å². The fourth-order valence-corrected chi connectivity index (χ4v) is 4.33. The maximum absolute atomic E-state index is 6.31. The van der Waals surface area contributed by atoms with Crippen LogP contribution in [0.1, 0.15) is 11.4 Å². The number of fused-ring (bicyclic) bond motifs is 1. The van der Waals surface area contributed by atoms with Crippen molar-refractivity contribution in [2.24, 2.45) is 0 Å². The largest absolute Gasteiger partial charge is 0.493 e. The number of hydrogen-bond donors (Lipinski definition) is 0. The summed E-state index contributed by atoms with van der Waals surface area (Å²) < 4.78 is 12.4. The second kappa shape index (κ2) is 7.95. The van der Waals surface area contributed by atoms with Crippen LogP contribution in [0.5, 0.6) is 11.5 Å². The quantitative estimate of drug-likeness (QED) is 0.428. The number of aromatic nitrogens is 4. The van der Waals surface area contributed by atoms with Gasteiger partial charge in [0.25, 0.3) is 0 Å². The molecule has 4 rings (SSSR count). The summed E-state index contributed by atoms with van der Waals surface area (Å²) in [5.74, 6) is 2.21. The highest BCUT2D eigenvalue weighted by atomic mass is 35.5. The molecule has 0 aliphatic heterocycles. The zero-order valence-corrected chi connectivity index (χ0v) is 17.5. The van der Waals surface area contributed by atoms with E-state index in [1.807, 2.05) is 24.3 Å². The number of hydrogen-bond acceptors (Lipinski definition) is 6. The normalized spacial score (nSPS) is 11.1. The molecule has 0 radical (unpaired) electrons. The van der Waals surface area contributed by atoms with Crippen LogP contribution < -0.4 is 9.47 Å². The molecule has 0 unspecified atom stereocenters. The number of nitrogens with zero attached hydrogens (tertiary/aromatic N) is 4. The van der Waals surface area contributed by atoms with E-state index in [2.05, 4.69) is 15.3 Å². The third-order valence-electron chi connectivity index (χ3n) is 4.30. The Morgan fingerprint density at radius 1 is 0.964 bits per heavy atom. The number of halogens is 2. The van der Waals surface area contributed by atoms with Crippen LogP contribution in [0.25, 0.3) is 15.5 Å². The van der Waals surface area contributed by atoms with Crippen LogP contribution in [0.2, 0.25) is 10.0 Å². The first-order valence-corrected chi connectivity index (χ1v) is 10.0. The molecule has 0 fully saturated rings. The summed E-state index contributed by atoms with van der Waals surface area (Å²) in [4.78, 5) is 0.725. The Kier molecular flexibility index (Phi) is 5.39. The molecule has 28 heavy (non-hydrogen) atoms. The average molecular weight is 435 g/mol. The Bertz CT molecular complexity index is 1140. The van der Waals surface area contributed by atoms with Crippen LogP contribution in [0, 0.1) is 0 Å². The van der Waals surface area contributed by atoms with Gasteiger partial charge in [-0.3, -0.25) is 0 Å². The highest BCUT2D eigenvalue weighted by molar-refractivity contribution is 7.19. The van der Waals surface area contributed by atoms with Crippen molar-refractivity contribution >= 4 is 39.5 Å². The lowest BCUT2D eigenvalue weighted by Crippen LogP contribution is -2.00. The van der Waals surface area contributed by atoms with Gasteiger partial charge in [-0.2, -0.15) is 9.61 Å². The minimum absolute atomic E-state index is 0.560. The molecule has 4 aromatic rings. The molecule has 9 heteroatoms. The third-order valence-corrected chi connectivity index (χ3v) is 5.78. The summed E-state index contributed by atoms with van der Waals surface area (Å²) in [6, 6.07) is 11.2. The molecular weight excluding hydrogens is 419 g/mol. The van der Waals surface area contributed by atoms with Gasteiger partial charge in [-0.1, -0.05) is 40.6 Å². The predicted octanol–water partition coefficient (Wildman–Crippen LogP) is 4.96. The van der Waals surface area contributed by atoms with Gasteiger partial charge in [-0.15, -0.1) is 10.2 Å². The van der Waals surface area contributed by atoms with Gasteiger partial charge >= 0.3 is 0 Å². The molecule has 2 aromatic heterocycles. The molecule has 0 N–H and O–H groups in total. The van der Waals surface area contributed by atoms with Crippen molar-refractivity contribution in [2.45, 2.75) is 12.8 Å². The number of rotatable bonds is 6. The van der Waals surface area contributed by atoms with Gasteiger partial charge in [-0.25, -0.2) is 0 Å². The lowest BCUT2D eigenvalue weighted by atomic mass is 10.1. The molecule has 0 atom stereocenters. The zero-order valence-electron chi connectivity index (χ0n) is 15.1. The topological polar surface area (TPSA) is 61.5 Å². The first-order chi connectivity index (χ1) is 13.6. The summed E-state index contributed by atoms with van der Waals surface area (Å²) in [5.41, 5.74) is 1.94. The molecule has 0 saturated carbocycles. The highest BCUT2D eigenvalue weighted by Crippen LogP contribution is 2.33. The average Bonchev–Trinajstić information content (AvgIpc) is 3.27. The lowest BCUT2D eigenvalue weighted by Gasteiger charge is -2.09. The van der Waals surface area contributed by atoms with Crippen LogP contribution in [0.3, 0.4) is 0 Å².